The number of nitrogens with zero attached hydrogens (tertiary/aromatic N) is 3. The summed E-state index contributed by atoms with van der Waals surface area (Å²) >= 11 is 3.17. The first-order valence-corrected chi connectivity index (χ1v) is 26.1. The van der Waals surface area contributed by atoms with Crippen LogP contribution in [-0.2, 0) is 54.2 Å². The number of carbonyl (C=O) groups excluding carboxylic acids is 6. The van der Waals surface area contributed by atoms with Crippen LogP contribution in [0.4, 0.5) is 0 Å². The molecule has 0 aromatic heterocycles. The average molecular weight is 974 g/mol. The van der Waals surface area contributed by atoms with Crippen molar-refractivity contribution in [2.75, 3.05) is 53.2 Å². The fraction of sp³-hybridized carbons (Fsp3) is 0.706. The molecule has 2 unspecified atom stereocenters. The zero-order chi connectivity index (χ0) is 50.0. The first-order chi connectivity index (χ1) is 31.8. The van der Waals surface area contributed by atoms with Crippen LogP contribution in [-0.4, -0.2) is 144 Å². The summed E-state index contributed by atoms with van der Waals surface area (Å²) in [6.07, 6.45) is 1.59. The Labute approximate surface area is 408 Å². The van der Waals surface area contributed by atoms with Gasteiger partial charge in [-0.1, -0.05) is 85.2 Å². The summed E-state index contributed by atoms with van der Waals surface area (Å²) in [5, 5.41) is 12.8. The van der Waals surface area contributed by atoms with Crippen LogP contribution in [0.2, 0.25) is 0 Å². The molecule has 1 saturated heterocycles. The van der Waals surface area contributed by atoms with E-state index in [4.69, 9.17) is 14.2 Å². The van der Waals surface area contributed by atoms with Gasteiger partial charge in [0.2, 0.25) is 17.7 Å². The quantitative estimate of drug-likeness (QED) is 0.0722. The molecule has 9 atom stereocenters. The highest BCUT2D eigenvalue weighted by Gasteiger charge is 2.44. The van der Waals surface area contributed by atoms with Crippen LogP contribution in [0.3, 0.4) is 0 Å². The minimum atomic E-state index is -1.04. The number of benzene rings is 1. The SMILES string of the molecule is CCC(C)[C@@H](C(CC(=O)N1CCC[C@H]1[C@H](OC)[C@@H](C)C(=O)C[C@@H](Cc1ccccc1)C(=O)O)OC)N(C)C(=O)[C@@H](CC(=O)[C@H](C(C)C)N(C)C(=O)CCOCCCC(=O)C1=CSCS1)C(C)C. The minimum absolute atomic E-state index is 0.0390. The molecule has 2 aliphatic rings. The fourth-order valence-corrected chi connectivity index (χ4v) is 11.7. The number of ether oxygens (including phenoxy) is 3. The van der Waals surface area contributed by atoms with Gasteiger partial charge >= 0.3 is 5.97 Å². The largest absolute Gasteiger partial charge is 0.481 e. The van der Waals surface area contributed by atoms with Crippen molar-refractivity contribution in [2.24, 2.45) is 35.5 Å². The van der Waals surface area contributed by atoms with Crippen molar-refractivity contribution in [3.8, 4) is 0 Å². The molecule has 67 heavy (non-hydrogen) atoms. The molecule has 0 bridgehead atoms. The summed E-state index contributed by atoms with van der Waals surface area (Å²) in [5.41, 5.74) is 0.832. The molecule has 0 saturated carbocycles. The van der Waals surface area contributed by atoms with E-state index in [0.717, 1.165) is 15.6 Å². The average Bonchev–Trinajstić information content (AvgIpc) is 4.03. The number of allylic oxidation sites excluding steroid dienone is 1. The van der Waals surface area contributed by atoms with E-state index < -0.39 is 54.1 Å². The highest BCUT2D eigenvalue weighted by Crippen LogP contribution is 2.34. The lowest BCUT2D eigenvalue weighted by atomic mass is 9.83. The molecule has 3 amide bonds. The van der Waals surface area contributed by atoms with E-state index in [-0.39, 0.29) is 91.5 Å². The molecule has 0 radical (unpaired) electrons. The Hall–Kier alpha value is -3.57. The Bertz CT molecular complexity index is 1830. The van der Waals surface area contributed by atoms with Gasteiger partial charge in [-0.25, -0.2) is 0 Å². The minimum Gasteiger partial charge on any atom is -0.481 e. The third-order valence-corrected chi connectivity index (χ3v) is 15.9. The molecule has 2 heterocycles. The van der Waals surface area contributed by atoms with Crippen molar-refractivity contribution in [3.05, 3.63) is 46.2 Å². The molecule has 1 N–H and O–H groups in total. The number of Topliss-reactive ketones (excluding diaryl/α,β-unsaturated/α-hetero) is 3. The van der Waals surface area contributed by atoms with Crippen LogP contribution in [0.25, 0.3) is 0 Å². The van der Waals surface area contributed by atoms with Crippen LogP contribution in [0, 0.1) is 35.5 Å². The van der Waals surface area contributed by atoms with Gasteiger partial charge in [0.15, 0.2) is 11.6 Å². The summed E-state index contributed by atoms with van der Waals surface area (Å²) in [4.78, 5) is 100. The highest BCUT2D eigenvalue weighted by molar-refractivity contribution is 8.22. The molecule has 1 aromatic carbocycles. The monoisotopic (exact) mass is 974 g/mol. The Morgan fingerprint density at radius 3 is 2.10 bits per heavy atom. The number of ketones is 3. The second kappa shape index (κ2) is 28.8. The standard InChI is InChI=1S/C51H79N3O11S2/c1-12-34(6)48(43(63-10)29-46(59)54-23-16-20-39(54)49(64-11)35(7)41(56)27-37(51(61)62)26-36-18-14-13-15-19-36)53(9)50(60)38(32(2)3)28-42(57)47(33(4)5)52(8)45(58)22-25-65-24-17-21-40(55)44-30-66-31-67-44/h13-15,18-19,30,32-35,37-39,43,47-49H,12,16-17,20-29,31H2,1-11H3,(H,61,62)/t34?,35-,37+,38-,39-,43?,47-,48-,49+/m0/s1. The van der Waals surface area contributed by atoms with Gasteiger partial charge in [-0.15, -0.1) is 23.5 Å². The van der Waals surface area contributed by atoms with Crippen LogP contribution < -0.4 is 0 Å². The Kier molecular flexibility index (Phi) is 24.8. The van der Waals surface area contributed by atoms with E-state index in [1.807, 2.05) is 77.3 Å². The molecule has 0 aliphatic carbocycles. The second-order valence-electron chi connectivity index (χ2n) is 19.0. The third-order valence-electron chi connectivity index (χ3n) is 13.7. The number of hydrogen-bond acceptors (Lipinski definition) is 12. The Balaban J connectivity index is 1.69. The molecule has 16 heteroatoms. The van der Waals surface area contributed by atoms with Gasteiger partial charge in [0.1, 0.15) is 5.78 Å². The van der Waals surface area contributed by atoms with Crippen LogP contribution in [0.5, 0.6) is 0 Å². The summed E-state index contributed by atoms with van der Waals surface area (Å²) < 4.78 is 17.7. The number of carboxylic acid groups (broad SMARTS) is 1. The number of rotatable bonds is 31. The van der Waals surface area contributed by atoms with Crippen molar-refractivity contribution in [2.45, 2.75) is 143 Å². The molecule has 3 rings (SSSR count). The van der Waals surface area contributed by atoms with Crippen molar-refractivity contribution in [1.82, 2.24) is 14.7 Å². The summed E-state index contributed by atoms with van der Waals surface area (Å²) in [7, 11) is 6.37. The number of hydrogen-bond donors (Lipinski definition) is 1. The van der Waals surface area contributed by atoms with Gasteiger partial charge in [-0.2, -0.15) is 0 Å². The third kappa shape index (κ3) is 16.8. The first kappa shape index (κ1) is 57.7. The Morgan fingerprint density at radius 2 is 1.54 bits per heavy atom. The predicted molar refractivity (Wildman–Crippen MR) is 264 cm³/mol. The Morgan fingerprint density at radius 1 is 0.851 bits per heavy atom. The zero-order valence-electron chi connectivity index (χ0n) is 41.9. The number of aliphatic carboxylic acids is 1. The lowest BCUT2D eigenvalue weighted by Gasteiger charge is -2.41. The number of amides is 3. The maximum atomic E-state index is 14.6. The number of likely N-dealkylation sites (tertiary alicyclic amines) is 1. The fourth-order valence-electron chi connectivity index (χ4n) is 9.59. The van der Waals surface area contributed by atoms with Crippen molar-refractivity contribution < 1.29 is 52.9 Å². The summed E-state index contributed by atoms with van der Waals surface area (Å²) in [6, 6.07) is 7.51. The number of likely N-dealkylation sites (N-methyl/N-ethyl adjacent to an activating group) is 2. The van der Waals surface area contributed by atoms with Gasteiger partial charge in [-0.3, -0.25) is 33.6 Å². The number of thioether (sulfide) groups is 2. The second-order valence-corrected chi connectivity index (χ2v) is 21.2. The van der Waals surface area contributed by atoms with E-state index >= 15 is 0 Å². The molecule has 1 fully saturated rings. The topological polar surface area (TPSA) is 177 Å². The van der Waals surface area contributed by atoms with E-state index in [1.54, 1.807) is 54.3 Å². The van der Waals surface area contributed by atoms with Gasteiger partial charge in [0, 0.05) is 77.6 Å². The van der Waals surface area contributed by atoms with E-state index in [9.17, 15) is 38.7 Å². The van der Waals surface area contributed by atoms with Gasteiger partial charge in [0.25, 0.3) is 0 Å². The summed E-state index contributed by atoms with van der Waals surface area (Å²) in [6.45, 7) is 14.3. The predicted octanol–water partition coefficient (Wildman–Crippen LogP) is 7.56. The highest BCUT2D eigenvalue weighted by atomic mass is 32.2. The van der Waals surface area contributed by atoms with Crippen LogP contribution >= 0.6 is 23.5 Å². The van der Waals surface area contributed by atoms with Gasteiger partial charge in [-0.05, 0) is 54.4 Å². The van der Waals surface area contributed by atoms with Crippen molar-refractivity contribution >= 4 is 64.6 Å². The van der Waals surface area contributed by atoms with Gasteiger partial charge in [0.05, 0.1) is 60.6 Å². The number of methoxy groups -OCH3 is 2. The lowest BCUT2D eigenvalue weighted by Crippen LogP contribution is -2.54. The molecular weight excluding hydrogens is 895 g/mol. The zero-order valence-corrected chi connectivity index (χ0v) is 43.5. The van der Waals surface area contributed by atoms with Crippen LogP contribution in [0.15, 0.2) is 40.6 Å². The number of carboxylic acids is 1. The van der Waals surface area contributed by atoms with Crippen LogP contribution in [0.1, 0.15) is 112 Å². The van der Waals surface area contributed by atoms with Crippen molar-refractivity contribution in [3.63, 3.8) is 0 Å². The maximum Gasteiger partial charge on any atom is 0.307 e. The van der Waals surface area contributed by atoms with Crippen molar-refractivity contribution in [1.29, 1.82) is 0 Å². The number of carbonyl (C=O) groups is 7. The van der Waals surface area contributed by atoms with E-state index in [0.29, 0.717) is 45.3 Å². The maximum absolute atomic E-state index is 14.6. The molecule has 0 spiro atoms. The van der Waals surface area contributed by atoms with E-state index in [2.05, 4.69) is 0 Å². The molecule has 1 aromatic rings. The lowest BCUT2D eigenvalue weighted by molar-refractivity contribution is -0.150. The normalized spacial score (nSPS) is 18.7. The molecule has 2 aliphatic heterocycles. The first-order valence-electron chi connectivity index (χ1n) is 24.0. The molecule has 376 valence electrons. The molecule has 14 nitrogen and oxygen atoms in total. The van der Waals surface area contributed by atoms with E-state index in [1.165, 1.54) is 19.1 Å². The molecular formula is C51H79N3O11S2. The summed E-state index contributed by atoms with van der Waals surface area (Å²) in [5.74, 6) is -4.89. The van der Waals surface area contributed by atoms with Gasteiger partial charge < -0.3 is 34.0 Å². The smallest absolute Gasteiger partial charge is 0.307 e.